The van der Waals surface area contributed by atoms with Crippen molar-refractivity contribution in [2.24, 2.45) is 10.2 Å². The van der Waals surface area contributed by atoms with Gasteiger partial charge >= 0.3 is 5.97 Å². The number of thioether (sulfide) groups is 1. The fourth-order valence-corrected chi connectivity index (χ4v) is 2.87. The van der Waals surface area contributed by atoms with Gasteiger partial charge in [0.2, 0.25) is 11.8 Å². The number of nitrogens with zero attached hydrogens (tertiary/aromatic N) is 2. The standard InChI is InChI=1S/C16H18N4O4S/c1-10(7-8-14(22)23)19-20-16-18-15(24)12(25-16)9-13(21)17-11-5-3-2-4-6-11/h2-6,12H,7-9H2,1H3,(H,17,21)(H,22,23)(H,18,20,24)/b19-10+. The van der Waals surface area contributed by atoms with Crippen molar-refractivity contribution in [3.8, 4) is 0 Å². The molecule has 1 saturated heterocycles. The molecule has 1 heterocycles. The molecule has 132 valence electrons. The van der Waals surface area contributed by atoms with Gasteiger partial charge in [0.05, 0.1) is 6.42 Å². The zero-order chi connectivity index (χ0) is 18.2. The Labute approximate surface area is 148 Å². The zero-order valence-electron chi connectivity index (χ0n) is 13.6. The van der Waals surface area contributed by atoms with Crippen LogP contribution in [0.1, 0.15) is 26.2 Å². The van der Waals surface area contributed by atoms with Crippen LogP contribution in [0.4, 0.5) is 5.69 Å². The third-order valence-corrected chi connectivity index (χ3v) is 4.29. The van der Waals surface area contributed by atoms with Gasteiger partial charge in [0, 0.05) is 17.8 Å². The van der Waals surface area contributed by atoms with Gasteiger partial charge < -0.3 is 15.7 Å². The molecule has 1 unspecified atom stereocenters. The van der Waals surface area contributed by atoms with Crippen LogP contribution >= 0.6 is 11.8 Å². The predicted molar refractivity (Wildman–Crippen MR) is 96.6 cm³/mol. The summed E-state index contributed by atoms with van der Waals surface area (Å²) in [5, 5.41) is 21.4. The van der Waals surface area contributed by atoms with Crippen LogP contribution < -0.4 is 10.6 Å². The Kier molecular flexibility index (Phi) is 6.70. The summed E-state index contributed by atoms with van der Waals surface area (Å²) in [7, 11) is 0. The Hall–Kier alpha value is -2.68. The van der Waals surface area contributed by atoms with Gasteiger partial charge in [0.15, 0.2) is 5.17 Å². The average molecular weight is 362 g/mol. The Bertz CT molecular complexity index is 718. The number of carbonyl (C=O) groups excluding carboxylic acids is 2. The molecule has 8 nitrogen and oxygen atoms in total. The van der Waals surface area contributed by atoms with E-state index in [2.05, 4.69) is 20.8 Å². The number of para-hydroxylation sites is 1. The maximum Gasteiger partial charge on any atom is 0.303 e. The molecule has 0 saturated carbocycles. The van der Waals surface area contributed by atoms with E-state index < -0.39 is 11.2 Å². The Morgan fingerprint density at radius 2 is 2.00 bits per heavy atom. The number of aliphatic carboxylic acids is 1. The number of anilines is 1. The van der Waals surface area contributed by atoms with Crippen molar-refractivity contribution in [1.29, 1.82) is 0 Å². The minimum atomic E-state index is -0.907. The second-order valence-corrected chi connectivity index (χ2v) is 6.54. The zero-order valence-corrected chi connectivity index (χ0v) is 14.4. The maximum atomic E-state index is 12.0. The van der Waals surface area contributed by atoms with Crippen molar-refractivity contribution in [3.05, 3.63) is 30.3 Å². The van der Waals surface area contributed by atoms with Crippen molar-refractivity contribution in [2.45, 2.75) is 31.4 Å². The number of amides is 2. The van der Waals surface area contributed by atoms with Crippen molar-refractivity contribution < 1.29 is 19.5 Å². The summed E-state index contributed by atoms with van der Waals surface area (Å²) in [4.78, 5) is 34.4. The summed E-state index contributed by atoms with van der Waals surface area (Å²) in [6.45, 7) is 1.67. The minimum absolute atomic E-state index is 0.0200. The number of hydrogen-bond donors (Lipinski definition) is 3. The lowest BCUT2D eigenvalue weighted by atomic mass is 10.2. The summed E-state index contributed by atoms with van der Waals surface area (Å²) in [5.41, 5.74) is 1.22. The van der Waals surface area contributed by atoms with Gasteiger partial charge in [-0.1, -0.05) is 30.0 Å². The fourth-order valence-electron chi connectivity index (χ4n) is 1.96. The molecule has 0 radical (unpaired) electrons. The molecule has 3 N–H and O–H groups in total. The largest absolute Gasteiger partial charge is 0.481 e. The summed E-state index contributed by atoms with van der Waals surface area (Å²) in [5.74, 6) is -1.47. The highest BCUT2D eigenvalue weighted by Gasteiger charge is 2.32. The SMILES string of the molecule is C/C(CCC(=O)O)=N\N=C1\NC(=O)C(CC(=O)Nc2ccccc2)S1. The molecule has 1 aromatic rings. The first kappa shape index (κ1) is 18.7. The molecular formula is C16H18N4O4S. The van der Waals surface area contributed by atoms with Gasteiger partial charge in [-0.2, -0.15) is 5.10 Å². The summed E-state index contributed by atoms with van der Waals surface area (Å²) in [6.07, 6.45) is 0.279. The second-order valence-electron chi connectivity index (χ2n) is 5.35. The quantitative estimate of drug-likeness (QED) is 0.505. The first-order chi connectivity index (χ1) is 11.9. The third kappa shape index (κ3) is 6.38. The number of amidine groups is 1. The number of hydrogen-bond acceptors (Lipinski definition) is 6. The lowest BCUT2D eigenvalue weighted by molar-refractivity contribution is -0.136. The van der Waals surface area contributed by atoms with E-state index in [1.165, 1.54) is 0 Å². The van der Waals surface area contributed by atoms with E-state index in [9.17, 15) is 14.4 Å². The van der Waals surface area contributed by atoms with Crippen molar-refractivity contribution in [1.82, 2.24) is 5.32 Å². The lowest BCUT2D eigenvalue weighted by Crippen LogP contribution is -2.28. The molecule has 2 rings (SSSR count). The van der Waals surface area contributed by atoms with E-state index in [4.69, 9.17) is 5.11 Å². The van der Waals surface area contributed by atoms with Gasteiger partial charge in [-0.3, -0.25) is 14.4 Å². The Balaban J connectivity index is 1.87. The van der Waals surface area contributed by atoms with E-state index in [-0.39, 0.29) is 31.1 Å². The van der Waals surface area contributed by atoms with Crippen LogP contribution in [0.3, 0.4) is 0 Å². The van der Waals surface area contributed by atoms with Crippen molar-refractivity contribution >= 4 is 46.1 Å². The van der Waals surface area contributed by atoms with Gasteiger partial charge in [0.1, 0.15) is 5.25 Å². The molecule has 9 heteroatoms. The van der Waals surface area contributed by atoms with E-state index in [1.807, 2.05) is 18.2 Å². The lowest BCUT2D eigenvalue weighted by Gasteiger charge is -2.06. The van der Waals surface area contributed by atoms with Crippen LogP contribution in [-0.4, -0.2) is 39.0 Å². The van der Waals surface area contributed by atoms with E-state index in [1.54, 1.807) is 19.1 Å². The van der Waals surface area contributed by atoms with E-state index >= 15 is 0 Å². The number of benzene rings is 1. The second kappa shape index (κ2) is 8.97. The Morgan fingerprint density at radius 3 is 2.68 bits per heavy atom. The number of rotatable bonds is 7. The number of nitrogens with one attached hydrogen (secondary N) is 2. The number of carboxylic acids is 1. The molecule has 0 aromatic heterocycles. The van der Waals surface area contributed by atoms with Gasteiger partial charge in [0.25, 0.3) is 0 Å². The third-order valence-electron chi connectivity index (χ3n) is 3.22. The number of carboxylic acid groups (broad SMARTS) is 1. The molecule has 1 aliphatic heterocycles. The predicted octanol–water partition coefficient (Wildman–Crippen LogP) is 1.84. The first-order valence-electron chi connectivity index (χ1n) is 7.59. The van der Waals surface area contributed by atoms with Crippen molar-refractivity contribution in [2.75, 3.05) is 5.32 Å². The molecule has 1 fully saturated rings. The first-order valence-corrected chi connectivity index (χ1v) is 8.47. The van der Waals surface area contributed by atoms with Gasteiger partial charge in [-0.05, 0) is 25.5 Å². The summed E-state index contributed by atoms with van der Waals surface area (Å²) < 4.78 is 0. The molecule has 0 aliphatic carbocycles. The summed E-state index contributed by atoms with van der Waals surface area (Å²) in [6, 6.07) is 8.99. The van der Waals surface area contributed by atoms with Gasteiger partial charge in [-0.15, -0.1) is 5.10 Å². The van der Waals surface area contributed by atoms with Crippen LogP contribution in [0, 0.1) is 0 Å². The molecule has 0 spiro atoms. The average Bonchev–Trinajstić information content (AvgIpc) is 2.91. The van der Waals surface area contributed by atoms with Crippen LogP contribution in [0.2, 0.25) is 0 Å². The van der Waals surface area contributed by atoms with Crippen LogP contribution in [0.15, 0.2) is 40.5 Å². The monoisotopic (exact) mass is 362 g/mol. The van der Waals surface area contributed by atoms with E-state index in [0.717, 1.165) is 11.8 Å². The topological polar surface area (TPSA) is 120 Å². The normalized spacial score (nSPS) is 18.9. The van der Waals surface area contributed by atoms with Crippen molar-refractivity contribution in [3.63, 3.8) is 0 Å². The fraction of sp³-hybridized carbons (Fsp3) is 0.312. The molecular weight excluding hydrogens is 344 g/mol. The maximum absolute atomic E-state index is 12.0. The van der Waals surface area contributed by atoms with Crippen LogP contribution in [-0.2, 0) is 14.4 Å². The molecule has 25 heavy (non-hydrogen) atoms. The molecule has 2 amide bonds. The molecule has 0 bridgehead atoms. The molecule has 1 aliphatic rings. The summed E-state index contributed by atoms with van der Waals surface area (Å²) >= 11 is 1.13. The van der Waals surface area contributed by atoms with Crippen LogP contribution in [0.25, 0.3) is 0 Å². The Morgan fingerprint density at radius 1 is 1.28 bits per heavy atom. The number of carbonyl (C=O) groups is 3. The molecule has 1 atom stereocenters. The minimum Gasteiger partial charge on any atom is -0.481 e. The highest BCUT2D eigenvalue weighted by Crippen LogP contribution is 2.23. The van der Waals surface area contributed by atoms with Gasteiger partial charge in [-0.25, -0.2) is 0 Å². The smallest absolute Gasteiger partial charge is 0.303 e. The highest BCUT2D eigenvalue weighted by molar-refractivity contribution is 8.15. The van der Waals surface area contributed by atoms with Crippen LogP contribution in [0.5, 0.6) is 0 Å². The van der Waals surface area contributed by atoms with E-state index in [0.29, 0.717) is 16.6 Å². The molecule has 1 aromatic carbocycles. The highest BCUT2D eigenvalue weighted by atomic mass is 32.2.